The number of ether oxygens (including phenoxy) is 1. The summed E-state index contributed by atoms with van der Waals surface area (Å²) in [5.74, 6) is -2.46. The van der Waals surface area contributed by atoms with E-state index in [9.17, 15) is 35.5 Å². The van der Waals surface area contributed by atoms with Gasteiger partial charge in [0, 0.05) is 11.4 Å². The summed E-state index contributed by atoms with van der Waals surface area (Å²) >= 11 is 0. The van der Waals surface area contributed by atoms with Crippen LogP contribution in [0.4, 0.5) is 42.1 Å². The minimum absolute atomic E-state index is 0.0140. The van der Waals surface area contributed by atoms with E-state index in [1.165, 1.54) is 36.4 Å². The Labute approximate surface area is 176 Å². The number of hydrogen-bond donors (Lipinski definition) is 2. The third-order valence-electron chi connectivity index (χ3n) is 4.18. The van der Waals surface area contributed by atoms with Crippen LogP contribution in [-0.2, 0) is 12.4 Å². The van der Waals surface area contributed by atoms with Gasteiger partial charge >= 0.3 is 12.4 Å². The fraction of sp³-hybridized carbons (Fsp3) is 0.0952. The molecule has 3 N–H and O–H groups in total. The summed E-state index contributed by atoms with van der Waals surface area (Å²) in [6, 6.07) is 9.50. The number of alkyl halides is 6. The van der Waals surface area contributed by atoms with Gasteiger partial charge in [-0.2, -0.15) is 26.3 Å². The molecule has 0 aliphatic rings. The van der Waals surface area contributed by atoms with Crippen molar-refractivity contribution in [2.24, 2.45) is 0 Å². The molecule has 0 aliphatic heterocycles. The largest absolute Gasteiger partial charge is 0.457 e. The second kappa shape index (κ2) is 8.40. The molecule has 0 bridgehead atoms. The summed E-state index contributed by atoms with van der Waals surface area (Å²) in [4.78, 5) is 12.2. The number of rotatable bonds is 4. The number of benzene rings is 3. The third-order valence-corrected chi connectivity index (χ3v) is 4.18. The highest BCUT2D eigenvalue weighted by Gasteiger charge is 2.37. The van der Waals surface area contributed by atoms with Gasteiger partial charge in [0.05, 0.1) is 16.7 Å². The van der Waals surface area contributed by atoms with E-state index in [-0.39, 0.29) is 28.8 Å². The second-order valence-corrected chi connectivity index (χ2v) is 6.53. The maximum absolute atomic E-state index is 13.8. The van der Waals surface area contributed by atoms with Crippen molar-refractivity contribution in [1.29, 1.82) is 0 Å². The SMILES string of the molecule is Nc1cccc(F)c1C(=O)Nc1ccc(Oc2cc(C(F)(F)F)cc(C(F)(F)F)c2)cc1. The standard InChI is InChI=1S/C21H13F7N2O2/c22-16-2-1-3-17(29)18(16)19(31)30-13-4-6-14(7-5-13)32-15-9-11(20(23,24)25)8-12(10-15)21(26,27)28/h1-10H,29H2,(H,30,31). The normalized spacial score (nSPS) is 11.8. The van der Waals surface area contributed by atoms with Crippen molar-refractivity contribution in [2.75, 3.05) is 11.1 Å². The maximum atomic E-state index is 13.8. The minimum atomic E-state index is -5.01. The van der Waals surface area contributed by atoms with Crippen LogP contribution in [-0.4, -0.2) is 5.91 Å². The molecule has 0 radical (unpaired) electrons. The fourth-order valence-electron chi connectivity index (χ4n) is 2.70. The molecule has 0 fully saturated rings. The van der Waals surface area contributed by atoms with Gasteiger partial charge in [-0.25, -0.2) is 4.39 Å². The van der Waals surface area contributed by atoms with Gasteiger partial charge in [-0.05, 0) is 54.6 Å². The van der Waals surface area contributed by atoms with E-state index in [1.54, 1.807) is 0 Å². The van der Waals surface area contributed by atoms with E-state index < -0.39 is 41.0 Å². The summed E-state index contributed by atoms with van der Waals surface area (Å²) in [7, 11) is 0. The highest BCUT2D eigenvalue weighted by molar-refractivity contribution is 6.07. The maximum Gasteiger partial charge on any atom is 0.416 e. The molecule has 0 aromatic heterocycles. The number of nitrogens with one attached hydrogen (secondary N) is 1. The van der Waals surface area contributed by atoms with Crippen molar-refractivity contribution in [3.8, 4) is 11.5 Å². The van der Waals surface area contributed by atoms with Gasteiger partial charge in [0.25, 0.3) is 5.91 Å². The molecule has 0 saturated heterocycles. The van der Waals surface area contributed by atoms with E-state index in [1.807, 2.05) is 0 Å². The van der Waals surface area contributed by atoms with Gasteiger partial charge in [0.15, 0.2) is 0 Å². The summed E-state index contributed by atoms with van der Waals surface area (Å²) < 4.78 is 96.6. The number of nitrogens with two attached hydrogens (primary N) is 1. The van der Waals surface area contributed by atoms with Crippen molar-refractivity contribution in [3.63, 3.8) is 0 Å². The lowest BCUT2D eigenvalue weighted by Crippen LogP contribution is -2.15. The van der Waals surface area contributed by atoms with Crippen molar-refractivity contribution >= 4 is 17.3 Å². The van der Waals surface area contributed by atoms with Gasteiger partial charge in [-0.3, -0.25) is 4.79 Å². The molecule has 1 amide bonds. The number of carbonyl (C=O) groups is 1. The molecule has 11 heteroatoms. The molecule has 3 rings (SSSR count). The zero-order chi connectivity index (χ0) is 23.7. The highest BCUT2D eigenvalue weighted by atomic mass is 19.4. The first kappa shape index (κ1) is 22.9. The van der Waals surface area contributed by atoms with Gasteiger partial charge in [0.1, 0.15) is 17.3 Å². The van der Waals surface area contributed by atoms with Crippen molar-refractivity contribution < 1.29 is 40.3 Å². The average molecular weight is 458 g/mol. The zero-order valence-electron chi connectivity index (χ0n) is 15.8. The molecule has 0 heterocycles. The molecule has 3 aromatic rings. The molecule has 32 heavy (non-hydrogen) atoms. The molecular weight excluding hydrogens is 445 g/mol. The Morgan fingerprint density at radius 2 is 1.38 bits per heavy atom. The van der Waals surface area contributed by atoms with E-state index in [0.29, 0.717) is 12.1 Å². The van der Waals surface area contributed by atoms with Crippen LogP contribution < -0.4 is 15.8 Å². The lowest BCUT2D eigenvalue weighted by atomic mass is 10.1. The monoisotopic (exact) mass is 458 g/mol. The smallest absolute Gasteiger partial charge is 0.416 e. The number of nitrogen functional groups attached to an aromatic ring is 1. The van der Waals surface area contributed by atoms with Crippen LogP contribution >= 0.6 is 0 Å². The second-order valence-electron chi connectivity index (χ2n) is 6.53. The zero-order valence-corrected chi connectivity index (χ0v) is 15.8. The molecule has 0 saturated carbocycles. The van der Waals surface area contributed by atoms with Crippen LogP contribution in [0, 0.1) is 5.82 Å². The van der Waals surface area contributed by atoms with E-state index in [4.69, 9.17) is 10.5 Å². The third kappa shape index (κ3) is 5.29. The first-order chi connectivity index (χ1) is 14.8. The lowest BCUT2D eigenvalue weighted by Gasteiger charge is -2.15. The van der Waals surface area contributed by atoms with E-state index in [2.05, 4.69) is 5.32 Å². The van der Waals surface area contributed by atoms with Crippen LogP contribution in [0.2, 0.25) is 0 Å². The topological polar surface area (TPSA) is 64.4 Å². The Balaban J connectivity index is 1.81. The Bertz CT molecular complexity index is 1090. The van der Waals surface area contributed by atoms with Crippen molar-refractivity contribution in [3.05, 3.63) is 83.2 Å². The predicted molar refractivity (Wildman–Crippen MR) is 102 cm³/mol. The number of hydrogen-bond acceptors (Lipinski definition) is 3. The Morgan fingerprint density at radius 3 is 1.88 bits per heavy atom. The van der Waals surface area contributed by atoms with Gasteiger partial charge in [-0.1, -0.05) is 6.07 Å². The molecular formula is C21H13F7N2O2. The Kier molecular flexibility index (Phi) is 6.02. The number of amides is 1. The average Bonchev–Trinajstić information content (AvgIpc) is 2.68. The summed E-state index contributed by atoms with van der Waals surface area (Å²) in [6.07, 6.45) is -10.0. The molecule has 4 nitrogen and oxygen atoms in total. The molecule has 0 spiro atoms. The minimum Gasteiger partial charge on any atom is -0.457 e. The van der Waals surface area contributed by atoms with E-state index >= 15 is 0 Å². The molecule has 3 aromatic carbocycles. The number of carbonyl (C=O) groups excluding carboxylic acids is 1. The predicted octanol–water partition coefficient (Wildman–Crippen LogP) is 6.49. The quantitative estimate of drug-likeness (QED) is 0.347. The molecule has 0 aliphatic carbocycles. The van der Waals surface area contributed by atoms with Crippen molar-refractivity contribution in [1.82, 2.24) is 0 Å². The summed E-state index contributed by atoms with van der Waals surface area (Å²) in [6.45, 7) is 0. The lowest BCUT2D eigenvalue weighted by molar-refractivity contribution is -0.143. The van der Waals surface area contributed by atoms with Gasteiger partial charge in [-0.15, -0.1) is 0 Å². The van der Waals surface area contributed by atoms with Crippen LogP contribution in [0.25, 0.3) is 0 Å². The van der Waals surface area contributed by atoms with Crippen LogP contribution in [0.3, 0.4) is 0 Å². The Hall–Kier alpha value is -3.76. The van der Waals surface area contributed by atoms with Crippen LogP contribution in [0.1, 0.15) is 21.5 Å². The van der Waals surface area contributed by atoms with Crippen LogP contribution in [0.15, 0.2) is 60.7 Å². The molecule has 0 unspecified atom stereocenters. The molecule has 168 valence electrons. The van der Waals surface area contributed by atoms with E-state index in [0.717, 1.165) is 6.07 Å². The molecule has 0 atom stereocenters. The first-order valence-electron chi connectivity index (χ1n) is 8.77. The van der Waals surface area contributed by atoms with Crippen LogP contribution in [0.5, 0.6) is 11.5 Å². The number of anilines is 2. The summed E-state index contributed by atoms with van der Waals surface area (Å²) in [5, 5.41) is 2.38. The first-order valence-corrected chi connectivity index (χ1v) is 8.77. The van der Waals surface area contributed by atoms with Gasteiger partial charge < -0.3 is 15.8 Å². The summed E-state index contributed by atoms with van der Waals surface area (Å²) in [5.41, 5.74) is 2.24. The number of halogens is 7. The fourth-order valence-corrected chi connectivity index (χ4v) is 2.70. The Morgan fingerprint density at radius 1 is 0.812 bits per heavy atom. The highest BCUT2D eigenvalue weighted by Crippen LogP contribution is 2.39. The van der Waals surface area contributed by atoms with Gasteiger partial charge in [0.2, 0.25) is 0 Å². The van der Waals surface area contributed by atoms with Crippen molar-refractivity contribution in [2.45, 2.75) is 12.4 Å².